The molecule has 0 unspecified atom stereocenters. The fourth-order valence-corrected chi connectivity index (χ4v) is 10.3. The quantitative estimate of drug-likeness (QED) is 0.0550. The van der Waals surface area contributed by atoms with Gasteiger partial charge in [0.05, 0.1) is 49.3 Å². The van der Waals surface area contributed by atoms with Crippen molar-refractivity contribution in [3.8, 4) is 0 Å². The van der Waals surface area contributed by atoms with Crippen LogP contribution in [0.4, 0.5) is 17.1 Å². The Morgan fingerprint density at radius 2 is 1.49 bits per heavy atom. The summed E-state index contributed by atoms with van der Waals surface area (Å²) in [5, 5.41) is 13.0. The number of carboxylic acid groups (broad SMARTS) is 1. The smallest absolute Gasteiger partial charge is 0.303 e. The lowest BCUT2D eigenvalue weighted by Crippen LogP contribution is -2.36. The molecule has 0 saturated carbocycles. The molecule has 350 valence electrons. The van der Waals surface area contributed by atoms with Crippen molar-refractivity contribution in [2.45, 2.75) is 93.3 Å². The number of rotatable bonds is 18. The van der Waals surface area contributed by atoms with Gasteiger partial charge in [-0.1, -0.05) is 38.1 Å². The molecule has 0 bridgehead atoms. The number of benzene rings is 3. The Morgan fingerprint density at radius 3 is 2.11 bits per heavy atom. The molecule has 3 aromatic rings. The monoisotopic (exact) mass is 929 g/mol. The van der Waals surface area contributed by atoms with Gasteiger partial charge in [0.2, 0.25) is 5.69 Å². The Balaban J connectivity index is 1.48. The second-order valence-corrected chi connectivity index (χ2v) is 22.7. The van der Waals surface area contributed by atoms with E-state index in [1.807, 2.05) is 38.4 Å². The number of nitrogens with one attached hydrogen (secondary N) is 1. The van der Waals surface area contributed by atoms with Crippen LogP contribution in [0.5, 0.6) is 0 Å². The minimum Gasteiger partial charge on any atom is -0.481 e. The van der Waals surface area contributed by atoms with Crippen molar-refractivity contribution in [2.24, 2.45) is 0 Å². The number of quaternary nitrogens is 1. The second kappa shape index (κ2) is 19.1. The molecule has 0 atom stereocenters. The van der Waals surface area contributed by atoms with Gasteiger partial charge in [0.25, 0.3) is 20.2 Å². The fourth-order valence-electron chi connectivity index (χ4n) is 9.29. The van der Waals surface area contributed by atoms with E-state index in [1.54, 1.807) is 24.3 Å². The zero-order valence-electron chi connectivity index (χ0n) is 39.3. The number of allylic oxidation sites excluding steroid dienone is 7. The number of nitrogens with zero attached hydrogens (tertiary/aromatic N) is 4. The normalized spacial score (nSPS) is 18.7. The lowest BCUT2D eigenvalue weighted by molar-refractivity contribution is -0.871. The van der Waals surface area contributed by atoms with Gasteiger partial charge in [0.1, 0.15) is 0 Å². The summed E-state index contributed by atoms with van der Waals surface area (Å²) in [6.07, 6.45) is 13.3. The van der Waals surface area contributed by atoms with Crippen LogP contribution < -0.4 is 10.2 Å². The van der Waals surface area contributed by atoms with Crippen molar-refractivity contribution in [1.29, 1.82) is 0 Å². The summed E-state index contributed by atoms with van der Waals surface area (Å²) in [5.74, 6) is -0.847. The number of aliphatic carboxylic acids is 1. The second-order valence-electron chi connectivity index (χ2n) is 19.8. The SMILES string of the molecule is CN(C)CCCN1C(=CC=C2CCCC(C=CC3=[N+](CCC[N+](C)(C)C)c4ccc(S(=O)(=O)O)cc4C3(C)C)=C2Nc2ccc(CCC(=O)O)cc2)C(C)(C)c2cc(S(=O)(=O)O)ccc21. The van der Waals surface area contributed by atoms with E-state index in [-0.39, 0.29) is 16.2 Å². The summed E-state index contributed by atoms with van der Waals surface area (Å²) in [4.78, 5) is 15.4. The molecule has 6 rings (SSSR count). The lowest BCUT2D eigenvalue weighted by atomic mass is 9.81. The molecule has 0 aromatic heterocycles. The Bertz CT molecular complexity index is 2700. The molecular formula is C50H67N5O8S2+2. The summed E-state index contributed by atoms with van der Waals surface area (Å²) >= 11 is 0. The number of fused-ring (bicyclic) bond motifs is 2. The largest absolute Gasteiger partial charge is 0.481 e. The number of carbonyl (C=O) groups is 1. The minimum atomic E-state index is -4.42. The van der Waals surface area contributed by atoms with E-state index in [0.717, 1.165) is 112 Å². The molecule has 4 N–H and O–H groups in total. The van der Waals surface area contributed by atoms with E-state index in [4.69, 9.17) is 0 Å². The fraction of sp³-hybridized carbons (Fsp3) is 0.440. The van der Waals surface area contributed by atoms with Crippen LogP contribution in [0.15, 0.2) is 117 Å². The molecule has 15 heteroatoms. The molecule has 3 aliphatic rings. The van der Waals surface area contributed by atoms with Gasteiger partial charge in [-0.05, 0) is 137 Å². The van der Waals surface area contributed by atoms with E-state index < -0.39 is 37.0 Å². The first-order valence-electron chi connectivity index (χ1n) is 22.3. The van der Waals surface area contributed by atoms with E-state index in [9.17, 15) is 35.8 Å². The van der Waals surface area contributed by atoms with Crippen LogP contribution in [0.3, 0.4) is 0 Å². The third kappa shape index (κ3) is 11.6. The standard InChI is InChI=1S/C50H65N5O8S2/c1-49(2)41-33-39(64(58,59)60)22-24-43(41)53(30-11-29-52(5)6)45(49)26-18-36-13-10-14-37(48(36)51-38-20-15-35(16-21-38)17-28-47(56)57)19-27-46-50(3,4)42-34-40(65(61,62)63)23-25-44(42)54(46)31-12-32-55(7,8)9/h15-16,18-27,33-34H,10-14,17,28-32H2,1-9H3,(H2-,56,57,58,59,60,61,62,63)/p+2. The molecule has 2 heterocycles. The summed E-state index contributed by atoms with van der Waals surface area (Å²) < 4.78 is 72.3. The molecule has 3 aromatic carbocycles. The summed E-state index contributed by atoms with van der Waals surface area (Å²) in [5.41, 5.74) is 9.15. The van der Waals surface area contributed by atoms with Gasteiger partial charge in [0.15, 0.2) is 12.3 Å². The van der Waals surface area contributed by atoms with Gasteiger partial charge >= 0.3 is 5.97 Å². The molecule has 2 aliphatic heterocycles. The average Bonchev–Trinajstić information content (AvgIpc) is 3.55. The number of aryl methyl sites for hydroxylation is 1. The van der Waals surface area contributed by atoms with Crippen molar-refractivity contribution in [3.05, 3.63) is 124 Å². The number of anilines is 2. The summed E-state index contributed by atoms with van der Waals surface area (Å²) in [7, 11) is 1.71. The molecule has 65 heavy (non-hydrogen) atoms. The topological polar surface area (TPSA) is 168 Å². The number of hydrogen-bond donors (Lipinski definition) is 4. The summed E-state index contributed by atoms with van der Waals surface area (Å²) in [6.45, 7) is 11.5. The first kappa shape index (κ1) is 49.5. The Kier molecular flexibility index (Phi) is 14.6. The molecule has 0 amide bonds. The van der Waals surface area contributed by atoms with Crippen molar-refractivity contribution >= 4 is 49.0 Å². The molecular weight excluding hydrogens is 863 g/mol. The molecule has 0 radical (unpaired) electrons. The zero-order valence-corrected chi connectivity index (χ0v) is 41.0. The van der Waals surface area contributed by atoms with Gasteiger partial charge in [0, 0.05) is 58.9 Å². The van der Waals surface area contributed by atoms with Gasteiger partial charge in [-0.3, -0.25) is 13.9 Å². The van der Waals surface area contributed by atoms with Crippen LogP contribution in [0, 0.1) is 0 Å². The average molecular weight is 930 g/mol. The number of hydrogen-bond acceptors (Lipinski definition) is 8. The van der Waals surface area contributed by atoms with Crippen LogP contribution in [-0.2, 0) is 42.3 Å². The summed E-state index contributed by atoms with van der Waals surface area (Å²) in [6, 6.07) is 17.5. The Hall–Kier alpha value is -4.90. The van der Waals surface area contributed by atoms with Gasteiger partial charge in [-0.2, -0.15) is 21.4 Å². The van der Waals surface area contributed by atoms with Crippen LogP contribution in [0.1, 0.15) is 82.9 Å². The maximum atomic E-state index is 12.3. The molecule has 1 aliphatic carbocycles. The maximum absolute atomic E-state index is 12.3. The van der Waals surface area contributed by atoms with Crippen LogP contribution in [0.2, 0.25) is 0 Å². The van der Waals surface area contributed by atoms with Crippen molar-refractivity contribution in [1.82, 2.24) is 4.90 Å². The Labute approximate surface area is 386 Å². The maximum Gasteiger partial charge on any atom is 0.303 e. The molecule has 0 fully saturated rings. The van der Waals surface area contributed by atoms with E-state index >= 15 is 0 Å². The highest BCUT2D eigenvalue weighted by molar-refractivity contribution is 7.86. The Morgan fingerprint density at radius 1 is 0.846 bits per heavy atom. The van der Waals surface area contributed by atoms with Crippen LogP contribution in [-0.4, -0.2) is 118 Å². The van der Waals surface area contributed by atoms with E-state index in [2.05, 4.69) is 92.8 Å². The van der Waals surface area contributed by atoms with Crippen molar-refractivity contribution in [2.75, 3.05) is 71.6 Å². The first-order chi connectivity index (χ1) is 30.3. The highest BCUT2D eigenvalue weighted by Gasteiger charge is 2.45. The van der Waals surface area contributed by atoms with Crippen LogP contribution in [0.25, 0.3) is 0 Å². The first-order valence-corrected chi connectivity index (χ1v) is 25.2. The molecule has 0 saturated heterocycles. The predicted molar refractivity (Wildman–Crippen MR) is 259 cm³/mol. The third-order valence-electron chi connectivity index (χ3n) is 12.8. The van der Waals surface area contributed by atoms with Gasteiger partial charge < -0.3 is 24.7 Å². The van der Waals surface area contributed by atoms with Gasteiger partial charge in [-0.15, -0.1) is 0 Å². The minimum absolute atomic E-state index is 0.0421. The predicted octanol–water partition coefficient (Wildman–Crippen LogP) is 8.34. The van der Waals surface area contributed by atoms with E-state index in [0.29, 0.717) is 19.5 Å². The van der Waals surface area contributed by atoms with E-state index in [1.165, 1.54) is 12.1 Å². The van der Waals surface area contributed by atoms with Gasteiger partial charge in [-0.25, -0.2) is 0 Å². The van der Waals surface area contributed by atoms with Crippen LogP contribution >= 0.6 is 0 Å². The van der Waals surface area contributed by atoms with Crippen molar-refractivity contribution < 1.29 is 44.9 Å². The lowest BCUT2D eigenvalue weighted by Gasteiger charge is -2.28. The zero-order chi connectivity index (χ0) is 47.7. The highest BCUT2D eigenvalue weighted by atomic mass is 32.2. The number of carboxylic acids is 1. The highest BCUT2D eigenvalue weighted by Crippen LogP contribution is 2.49. The molecule has 0 spiro atoms. The van der Waals surface area contributed by atoms with Crippen molar-refractivity contribution in [3.63, 3.8) is 0 Å². The third-order valence-corrected chi connectivity index (χ3v) is 14.5. The molecule has 13 nitrogen and oxygen atoms in total.